The van der Waals surface area contributed by atoms with Crippen LogP contribution in [0.3, 0.4) is 0 Å². The molecule has 0 spiro atoms. The highest BCUT2D eigenvalue weighted by atomic mass is 35.5. The first-order valence-electron chi connectivity index (χ1n) is 4.18. The summed E-state index contributed by atoms with van der Waals surface area (Å²) in [6.07, 6.45) is -0.0198. The third kappa shape index (κ3) is 1.95. The van der Waals surface area contributed by atoms with Gasteiger partial charge in [-0.15, -0.1) is 11.6 Å². The maximum Gasteiger partial charge on any atom is 0.338 e. The molecule has 2 unspecified atom stereocenters. The number of hydrogen-bond donors (Lipinski definition) is 1. The SMILES string of the molecule is CC1OCCC1(OCCCl)C(=O)O. The maximum absolute atomic E-state index is 11.0. The highest BCUT2D eigenvalue weighted by Gasteiger charge is 2.49. The van der Waals surface area contributed by atoms with Crippen LogP contribution in [0, 0.1) is 0 Å². The van der Waals surface area contributed by atoms with E-state index >= 15 is 0 Å². The monoisotopic (exact) mass is 208 g/mol. The highest BCUT2D eigenvalue weighted by molar-refractivity contribution is 6.18. The van der Waals surface area contributed by atoms with Crippen LogP contribution in [0.2, 0.25) is 0 Å². The van der Waals surface area contributed by atoms with Gasteiger partial charge in [-0.2, -0.15) is 0 Å². The van der Waals surface area contributed by atoms with Gasteiger partial charge >= 0.3 is 5.97 Å². The third-order valence-electron chi connectivity index (χ3n) is 2.30. The molecule has 0 amide bonds. The zero-order chi connectivity index (χ0) is 9.90. The molecule has 0 bridgehead atoms. The van der Waals surface area contributed by atoms with Crippen LogP contribution in [0.5, 0.6) is 0 Å². The molecule has 13 heavy (non-hydrogen) atoms. The quantitative estimate of drug-likeness (QED) is 0.697. The summed E-state index contributed by atoms with van der Waals surface area (Å²) in [6.45, 7) is 2.37. The summed E-state index contributed by atoms with van der Waals surface area (Å²) >= 11 is 5.44. The van der Waals surface area contributed by atoms with Crippen LogP contribution < -0.4 is 0 Å². The van der Waals surface area contributed by atoms with E-state index in [1.165, 1.54) is 0 Å². The second-order valence-electron chi connectivity index (χ2n) is 3.00. The van der Waals surface area contributed by atoms with Gasteiger partial charge in [0.15, 0.2) is 5.60 Å². The Morgan fingerprint density at radius 2 is 2.54 bits per heavy atom. The minimum absolute atomic E-state index is 0.238. The van der Waals surface area contributed by atoms with E-state index in [9.17, 15) is 4.79 Å². The molecule has 1 saturated heterocycles. The lowest BCUT2D eigenvalue weighted by molar-refractivity contribution is -0.171. The Kier molecular flexibility index (Phi) is 3.53. The summed E-state index contributed by atoms with van der Waals surface area (Å²) in [5.41, 5.74) is -1.19. The third-order valence-corrected chi connectivity index (χ3v) is 2.45. The molecule has 0 radical (unpaired) electrons. The van der Waals surface area contributed by atoms with Gasteiger partial charge in [-0.25, -0.2) is 4.79 Å². The molecule has 1 fully saturated rings. The number of ether oxygens (including phenoxy) is 2. The highest BCUT2D eigenvalue weighted by Crippen LogP contribution is 2.30. The molecule has 0 aliphatic carbocycles. The summed E-state index contributed by atoms with van der Waals surface area (Å²) in [5.74, 6) is -0.676. The Labute approximate surface area is 81.8 Å². The standard InChI is InChI=1S/C8H13ClO4/c1-6-8(7(10)11,2-4-12-6)13-5-3-9/h6H,2-5H2,1H3,(H,10,11). The van der Waals surface area contributed by atoms with E-state index in [4.69, 9.17) is 26.2 Å². The zero-order valence-electron chi connectivity index (χ0n) is 7.46. The Morgan fingerprint density at radius 3 is 2.92 bits per heavy atom. The summed E-state index contributed by atoms with van der Waals surface area (Å²) in [7, 11) is 0. The van der Waals surface area contributed by atoms with Crippen molar-refractivity contribution in [2.24, 2.45) is 0 Å². The van der Waals surface area contributed by atoms with E-state index in [1.54, 1.807) is 6.92 Å². The minimum Gasteiger partial charge on any atom is -0.479 e. The maximum atomic E-state index is 11.0. The molecular weight excluding hydrogens is 196 g/mol. The molecule has 2 atom stereocenters. The Morgan fingerprint density at radius 1 is 1.85 bits per heavy atom. The fourth-order valence-corrected chi connectivity index (χ4v) is 1.56. The van der Waals surface area contributed by atoms with Gasteiger partial charge in [0.1, 0.15) is 0 Å². The summed E-state index contributed by atoms with van der Waals surface area (Å²) in [4.78, 5) is 11.0. The predicted molar refractivity (Wildman–Crippen MR) is 47.1 cm³/mol. The fourth-order valence-electron chi connectivity index (χ4n) is 1.48. The van der Waals surface area contributed by atoms with Crippen molar-refractivity contribution < 1.29 is 19.4 Å². The van der Waals surface area contributed by atoms with E-state index in [-0.39, 0.29) is 6.61 Å². The molecule has 1 rings (SSSR count). The number of aliphatic carboxylic acids is 1. The first kappa shape index (κ1) is 10.8. The van der Waals surface area contributed by atoms with Crippen molar-refractivity contribution >= 4 is 17.6 Å². The van der Waals surface area contributed by atoms with Crippen molar-refractivity contribution in [2.75, 3.05) is 19.1 Å². The number of halogens is 1. The summed E-state index contributed by atoms with van der Waals surface area (Å²) < 4.78 is 10.4. The first-order valence-corrected chi connectivity index (χ1v) is 4.72. The van der Waals surface area contributed by atoms with Crippen LogP contribution in [0.25, 0.3) is 0 Å². The lowest BCUT2D eigenvalue weighted by atomic mass is 9.96. The van der Waals surface area contributed by atoms with Gasteiger partial charge in [-0.3, -0.25) is 0 Å². The van der Waals surface area contributed by atoms with Crippen molar-refractivity contribution in [2.45, 2.75) is 25.0 Å². The Hall–Kier alpha value is -0.320. The van der Waals surface area contributed by atoms with Crippen LogP contribution in [-0.4, -0.2) is 41.9 Å². The van der Waals surface area contributed by atoms with E-state index in [0.29, 0.717) is 18.9 Å². The van der Waals surface area contributed by atoms with E-state index in [1.807, 2.05) is 0 Å². The zero-order valence-corrected chi connectivity index (χ0v) is 8.21. The van der Waals surface area contributed by atoms with Crippen molar-refractivity contribution in [3.05, 3.63) is 0 Å². The van der Waals surface area contributed by atoms with Crippen LogP contribution >= 0.6 is 11.6 Å². The molecule has 1 N–H and O–H groups in total. The van der Waals surface area contributed by atoms with Gasteiger partial charge in [0.05, 0.1) is 19.3 Å². The molecule has 76 valence electrons. The lowest BCUT2D eigenvalue weighted by Crippen LogP contribution is -2.47. The van der Waals surface area contributed by atoms with E-state index in [2.05, 4.69) is 0 Å². The number of alkyl halides is 1. The largest absolute Gasteiger partial charge is 0.479 e. The number of rotatable bonds is 4. The molecule has 4 nitrogen and oxygen atoms in total. The topological polar surface area (TPSA) is 55.8 Å². The number of carboxylic acids is 1. The predicted octanol–water partition coefficient (Wildman–Crippen LogP) is 0.874. The molecule has 5 heteroatoms. The van der Waals surface area contributed by atoms with Crippen molar-refractivity contribution in [3.63, 3.8) is 0 Å². The summed E-state index contributed by atoms with van der Waals surface area (Å²) in [5, 5.41) is 9.01. The Bertz CT molecular complexity index is 197. The van der Waals surface area contributed by atoms with E-state index < -0.39 is 17.7 Å². The fraction of sp³-hybridized carbons (Fsp3) is 0.875. The van der Waals surface area contributed by atoms with Crippen molar-refractivity contribution in [1.29, 1.82) is 0 Å². The van der Waals surface area contributed by atoms with Crippen LogP contribution in [0.4, 0.5) is 0 Å². The molecule has 0 aromatic carbocycles. The molecule has 0 aromatic heterocycles. The molecule has 1 aliphatic heterocycles. The Balaban J connectivity index is 2.68. The summed E-state index contributed by atoms with van der Waals surface area (Å²) in [6, 6.07) is 0. The van der Waals surface area contributed by atoms with Gasteiger partial charge in [0, 0.05) is 12.3 Å². The van der Waals surface area contributed by atoms with Gasteiger partial charge in [0.2, 0.25) is 0 Å². The van der Waals surface area contributed by atoms with E-state index in [0.717, 1.165) is 0 Å². The number of hydrogen-bond acceptors (Lipinski definition) is 3. The molecule has 0 aromatic rings. The second-order valence-corrected chi connectivity index (χ2v) is 3.37. The normalized spacial score (nSPS) is 33.5. The minimum atomic E-state index is -1.19. The average Bonchev–Trinajstić information content (AvgIpc) is 2.45. The van der Waals surface area contributed by atoms with Crippen molar-refractivity contribution in [3.8, 4) is 0 Å². The second kappa shape index (κ2) is 4.26. The van der Waals surface area contributed by atoms with Crippen LogP contribution in [0.1, 0.15) is 13.3 Å². The molecule has 1 aliphatic rings. The first-order chi connectivity index (χ1) is 6.13. The molecule has 1 heterocycles. The molecule has 0 saturated carbocycles. The lowest BCUT2D eigenvalue weighted by Gasteiger charge is -2.27. The van der Waals surface area contributed by atoms with Crippen molar-refractivity contribution in [1.82, 2.24) is 0 Å². The van der Waals surface area contributed by atoms with Gasteiger partial charge in [-0.05, 0) is 6.92 Å². The van der Waals surface area contributed by atoms with Gasteiger partial charge < -0.3 is 14.6 Å². The number of carbonyl (C=O) groups is 1. The smallest absolute Gasteiger partial charge is 0.338 e. The van der Waals surface area contributed by atoms with Crippen LogP contribution in [-0.2, 0) is 14.3 Å². The van der Waals surface area contributed by atoms with Crippen LogP contribution in [0.15, 0.2) is 0 Å². The number of carboxylic acid groups (broad SMARTS) is 1. The molecular formula is C8H13ClO4. The van der Waals surface area contributed by atoms with Gasteiger partial charge in [0.25, 0.3) is 0 Å². The van der Waals surface area contributed by atoms with Gasteiger partial charge in [-0.1, -0.05) is 0 Å². The average molecular weight is 209 g/mol.